The van der Waals surface area contributed by atoms with Crippen LogP contribution in [0, 0.1) is 11.3 Å². The minimum Gasteiger partial charge on any atom is -0.449 e. The van der Waals surface area contributed by atoms with Crippen molar-refractivity contribution in [2.24, 2.45) is 11.3 Å². The Bertz CT molecular complexity index is 250. The van der Waals surface area contributed by atoms with E-state index in [0.29, 0.717) is 31.8 Å². The fourth-order valence-corrected chi connectivity index (χ4v) is 3.75. The highest BCUT2D eigenvalue weighted by atomic mass is 19.4. The normalized spacial score (nSPS) is 51.2. The van der Waals surface area contributed by atoms with E-state index in [1.807, 2.05) is 0 Å². The van der Waals surface area contributed by atoms with Crippen molar-refractivity contribution in [3.63, 3.8) is 0 Å². The Kier molecular flexibility index (Phi) is 1.50. The third-order valence-electron chi connectivity index (χ3n) is 4.60. The molecule has 3 aliphatic carbocycles. The summed E-state index contributed by atoms with van der Waals surface area (Å²) in [5.74, 6) is 0.419. The van der Waals surface area contributed by atoms with Crippen LogP contribution in [0.3, 0.4) is 0 Å². The van der Waals surface area contributed by atoms with Crippen LogP contribution in [0.2, 0.25) is 5.31 Å². The first-order valence-electron chi connectivity index (χ1n) is 5.25. The van der Waals surface area contributed by atoms with Gasteiger partial charge in [0.15, 0.2) is 0 Å². The number of rotatable bonds is 2. The van der Waals surface area contributed by atoms with Gasteiger partial charge in [0.2, 0.25) is 0 Å². The number of hydrogen-bond acceptors (Lipinski definition) is 1. The summed E-state index contributed by atoms with van der Waals surface area (Å²) < 4.78 is 43.1. The van der Waals surface area contributed by atoms with Gasteiger partial charge in [-0.1, -0.05) is 24.6 Å². The molecule has 0 aromatic rings. The first kappa shape index (κ1) is 9.07. The summed E-state index contributed by atoms with van der Waals surface area (Å²) in [6, 6.07) is 0. The van der Waals surface area contributed by atoms with Crippen LogP contribution in [0.1, 0.15) is 25.7 Å². The van der Waals surface area contributed by atoms with Gasteiger partial charge in [0, 0.05) is 13.2 Å². The first-order chi connectivity index (χ1) is 6.48. The van der Waals surface area contributed by atoms with E-state index in [9.17, 15) is 12.9 Å². The van der Waals surface area contributed by atoms with Gasteiger partial charge in [0.05, 0.1) is 0 Å². The molecule has 0 radical (unpaired) electrons. The minimum absolute atomic E-state index is 0.0355. The summed E-state index contributed by atoms with van der Waals surface area (Å²) in [5.41, 5.74) is 0.0355. The van der Waals surface area contributed by atoms with Gasteiger partial charge in [0.1, 0.15) is 0 Å². The predicted molar refractivity (Wildman–Crippen MR) is 47.0 cm³/mol. The molecular weight excluding hydrogens is 192 g/mol. The Morgan fingerprint density at radius 1 is 1.14 bits per heavy atom. The van der Waals surface area contributed by atoms with E-state index < -0.39 is 12.3 Å². The Hall–Kier alpha value is -0.185. The minimum atomic E-state index is -4.60. The lowest BCUT2D eigenvalue weighted by molar-refractivity contribution is -0.154. The molecule has 4 fully saturated rings. The Morgan fingerprint density at radius 2 is 1.79 bits per heavy atom. The average Bonchev–Trinajstić information content (AvgIpc) is 2.28. The summed E-state index contributed by atoms with van der Waals surface area (Å²) in [6.45, 7) is -3.16. The molecule has 0 N–H and O–H groups in total. The Morgan fingerprint density at radius 3 is 2.21 bits per heavy atom. The smallest absolute Gasteiger partial charge is 0.449 e. The van der Waals surface area contributed by atoms with Gasteiger partial charge in [-0.3, -0.25) is 0 Å². The van der Waals surface area contributed by atoms with Crippen LogP contribution in [-0.2, 0) is 4.74 Å². The van der Waals surface area contributed by atoms with Crippen molar-refractivity contribution >= 4 is 6.98 Å². The molecule has 1 nitrogen and oxygen atoms in total. The second-order valence-electron chi connectivity index (χ2n) is 5.39. The fourth-order valence-electron chi connectivity index (χ4n) is 3.75. The maximum Gasteiger partial charge on any atom is 0.484 e. The molecule has 4 rings (SSSR count). The lowest BCUT2D eigenvalue weighted by atomic mass is 9.22. The lowest BCUT2D eigenvalue weighted by Crippen LogP contribution is -2.67. The number of halogens is 3. The van der Waals surface area contributed by atoms with Crippen molar-refractivity contribution in [3.8, 4) is 0 Å². The van der Waals surface area contributed by atoms with Crippen LogP contribution in [0.4, 0.5) is 12.9 Å². The zero-order valence-electron chi connectivity index (χ0n) is 7.94. The molecule has 1 unspecified atom stereocenters. The van der Waals surface area contributed by atoms with E-state index in [4.69, 9.17) is 4.74 Å². The van der Waals surface area contributed by atoms with Crippen molar-refractivity contribution in [1.29, 1.82) is 0 Å². The van der Waals surface area contributed by atoms with E-state index in [1.54, 1.807) is 0 Å². The molecular formula is C9H13BF3O-. The second-order valence-corrected chi connectivity index (χ2v) is 5.39. The largest absolute Gasteiger partial charge is 0.484 e. The molecule has 1 aliphatic heterocycles. The van der Waals surface area contributed by atoms with Gasteiger partial charge in [-0.2, -0.15) is 0 Å². The third-order valence-corrected chi connectivity index (χ3v) is 4.60. The summed E-state index contributed by atoms with van der Waals surface area (Å²) in [6.07, 6.45) is 2.17. The lowest BCUT2D eigenvalue weighted by Gasteiger charge is -2.77. The second kappa shape index (κ2) is 2.31. The molecule has 0 amide bonds. The van der Waals surface area contributed by atoms with Gasteiger partial charge >= 0.3 is 6.98 Å². The van der Waals surface area contributed by atoms with Crippen LogP contribution in [-0.4, -0.2) is 20.2 Å². The Labute approximate surface area is 81.1 Å². The third kappa shape index (κ3) is 0.872. The zero-order chi connectivity index (χ0) is 10.0. The maximum absolute atomic E-state index is 12.6. The quantitative estimate of drug-likeness (QED) is 0.629. The van der Waals surface area contributed by atoms with Crippen molar-refractivity contribution < 1.29 is 17.7 Å². The van der Waals surface area contributed by atoms with Crippen molar-refractivity contribution in [1.82, 2.24) is 0 Å². The van der Waals surface area contributed by atoms with Crippen molar-refractivity contribution in [2.75, 3.05) is 13.2 Å². The molecule has 1 heterocycles. The average molecular weight is 205 g/mol. The van der Waals surface area contributed by atoms with Gasteiger partial charge in [-0.25, -0.2) is 0 Å². The molecule has 4 aliphatic rings. The highest BCUT2D eigenvalue weighted by Gasteiger charge is 2.75. The summed E-state index contributed by atoms with van der Waals surface area (Å²) in [7, 11) is 0. The molecule has 80 valence electrons. The van der Waals surface area contributed by atoms with E-state index in [2.05, 4.69) is 0 Å². The highest BCUT2D eigenvalue weighted by Crippen LogP contribution is 2.85. The van der Waals surface area contributed by atoms with E-state index >= 15 is 0 Å². The maximum atomic E-state index is 12.6. The van der Waals surface area contributed by atoms with Crippen LogP contribution in [0.5, 0.6) is 0 Å². The van der Waals surface area contributed by atoms with Crippen LogP contribution in [0.15, 0.2) is 0 Å². The molecule has 0 aromatic heterocycles. The summed E-state index contributed by atoms with van der Waals surface area (Å²) in [5, 5.41) is -1.22. The highest BCUT2D eigenvalue weighted by molar-refractivity contribution is 6.63. The van der Waals surface area contributed by atoms with E-state index in [1.165, 1.54) is 0 Å². The van der Waals surface area contributed by atoms with Crippen molar-refractivity contribution in [3.05, 3.63) is 0 Å². The number of hydrogen-bond donors (Lipinski definition) is 0. The summed E-state index contributed by atoms with van der Waals surface area (Å²) in [4.78, 5) is 0. The first-order valence-corrected chi connectivity index (χ1v) is 5.25. The molecule has 3 saturated carbocycles. The van der Waals surface area contributed by atoms with Crippen LogP contribution < -0.4 is 0 Å². The van der Waals surface area contributed by atoms with Crippen molar-refractivity contribution in [2.45, 2.75) is 31.0 Å². The van der Waals surface area contributed by atoms with Crippen LogP contribution >= 0.6 is 0 Å². The molecule has 0 aromatic carbocycles. The SMILES string of the molecule is F[B-](F)(F)C12CC(C3CCOC3)(C1)C2. The Balaban J connectivity index is 1.69. The number of ether oxygens (including phenoxy) is 1. The van der Waals surface area contributed by atoms with E-state index in [0.717, 1.165) is 13.0 Å². The van der Waals surface area contributed by atoms with Gasteiger partial charge in [0.25, 0.3) is 0 Å². The molecule has 1 atom stereocenters. The van der Waals surface area contributed by atoms with Gasteiger partial charge < -0.3 is 17.7 Å². The standard InChI is InChI=1S/C9H13BF3O/c11-10(12,13)9-4-8(5-9,6-9)7-1-2-14-3-7/h7H,1-6H2/q-1. The van der Waals surface area contributed by atoms with Crippen LogP contribution in [0.25, 0.3) is 0 Å². The molecule has 5 heteroatoms. The topological polar surface area (TPSA) is 9.23 Å². The molecule has 2 bridgehead atoms. The van der Waals surface area contributed by atoms with Gasteiger partial charge in [-0.05, 0) is 17.8 Å². The van der Waals surface area contributed by atoms with Gasteiger partial charge in [-0.15, -0.1) is 0 Å². The van der Waals surface area contributed by atoms with E-state index in [-0.39, 0.29) is 5.41 Å². The predicted octanol–water partition coefficient (Wildman–Crippen LogP) is 2.79. The summed E-state index contributed by atoms with van der Waals surface area (Å²) >= 11 is 0. The zero-order valence-corrected chi connectivity index (χ0v) is 7.94. The monoisotopic (exact) mass is 205 g/mol. The molecule has 1 saturated heterocycles. The molecule has 0 spiro atoms. The molecule has 14 heavy (non-hydrogen) atoms. The fraction of sp³-hybridized carbons (Fsp3) is 1.00.